The lowest BCUT2D eigenvalue weighted by Crippen LogP contribution is -1.94. The number of carbonyl (C=O) groups is 1. The lowest BCUT2D eigenvalue weighted by atomic mass is 10.1. The molecule has 3 nitrogen and oxygen atoms in total. The molecule has 0 aliphatic rings. The van der Waals surface area contributed by atoms with Crippen molar-refractivity contribution in [1.29, 1.82) is 0 Å². The number of carboxylic acids is 1. The van der Waals surface area contributed by atoms with Gasteiger partial charge < -0.3 is 10.1 Å². The van der Waals surface area contributed by atoms with Crippen LogP contribution >= 0.6 is 15.9 Å². The van der Waals surface area contributed by atoms with Crippen LogP contribution in [0.3, 0.4) is 0 Å². The minimum atomic E-state index is -0.948. The number of nitrogens with one attached hydrogen (secondary N) is 1. The van der Waals surface area contributed by atoms with Crippen molar-refractivity contribution in [3.8, 4) is 11.1 Å². The van der Waals surface area contributed by atoms with Gasteiger partial charge in [0, 0.05) is 16.2 Å². The smallest absolute Gasteiger partial charge is 0.352 e. The number of benzene rings is 1. The topological polar surface area (TPSA) is 53.1 Å². The van der Waals surface area contributed by atoms with Crippen LogP contribution in [0.25, 0.3) is 11.1 Å². The highest BCUT2D eigenvalue weighted by Crippen LogP contribution is 2.23. The van der Waals surface area contributed by atoms with Gasteiger partial charge in [0.1, 0.15) is 5.69 Å². The number of hydrogen-bond donors (Lipinski definition) is 2. The third-order valence-electron chi connectivity index (χ3n) is 2.07. The molecule has 0 bridgehead atoms. The van der Waals surface area contributed by atoms with E-state index in [9.17, 15) is 4.79 Å². The molecule has 0 saturated carbocycles. The van der Waals surface area contributed by atoms with Gasteiger partial charge in [-0.1, -0.05) is 28.1 Å². The molecule has 0 radical (unpaired) electrons. The summed E-state index contributed by atoms with van der Waals surface area (Å²) in [6, 6.07) is 9.32. The van der Waals surface area contributed by atoms with E-state index in [0.29, 0.717) is 0 Å². The van der Waals surface area contributed by atoms with Crippen LogP contribution in [0.1, 0.15) is 10.5 Å². The second-order valence-electron chi connectivity index (χ2n) is 3.12. The van der Waals surface area contributed by atoms with Gasteiger partial charge >= 0.3 is 5.97 Å². The zero-order valence-corrected chi connectivity index (χ0v) is 9.28. The van der Waals surface area contributed by atoms with E-state index in [4.69, 9.17) is 5.11 Å². The number of aromatic amines is 1. The van der Waals surface area contributed by atoms with Gasteiger partial charge in [0.15, 0.2) is 0 Å². The number of hydrogen-bond acceptors (Lipinski definition) is 1. The Morgan fingerprint density at radius 2 is 2.07 bits per heavy atom. The quantitative estimate of drug-likeness (QED) is 0.877. The van der Waals surface area contributed by atoms with Gasteiger partial charge in [0.25, 0.3) is 0 Å². The first kappa shape index (κ1) is 9.98. The largest absolute Gasteiger partial charge is 0.477 e. The highest BCUT2D eigenvalue weighted by atomic mass is 79.9. The molecule has 0 amide bonds. The van der Waals surface area contributed by atoms with Crippen LogP contribution in [0.2, 0.25) is 0 Å². The van der Waals surface area contributed by atoms with Crippen LogP contribution in [-0.4, -0.2) is 16.1 Å². The molecule has 0 saturated heterocycles. The van der Waals surface area contributed by atoms with Gasteiger partial charge in [0.2, 0.25) is 0 Å². The van der Waals surface area contributed by atoms with Gasteiger partial charge in [-0.05, 0) is 23.8 Å². The summed E-state index contributed by atoms with van der Waals surface area (Å²) in [6.45, 7) is 0. The molecular weight excluding hydrogens is 258 g/mol. The summed E-state index contributed by atoms with van der Waals surface area (Å²) in [5.74, 6) is -0.948. The molecule has 76 valence electrons. The lowest BCUT2D eigenvalue weighted by molar-refractivity contribution is 0.0691. The molecule has 2 aromatic rings. The summed E-state index contributed by atoms with van der Waals surface area (Å²) < 4.78 is 0.970. The van der Waals surface area contributed by atoms with Gasteiger partial charge in [-0.3, -0.25) is 0 Å². The molecule has 0 aliphatic heterocycles. The molecular formula is C11H8BrNO2. The van der Waals surface area contributed by atoms with Crippen LogP contribution in [-0.2, 0) is 0 Å². The van der Waals surface area contributed by atoms with Crippen molar-refractivity contribution in [2.24, 2.45) is 0 Å². The maximum atomic E-state index is 10.7. The molecule has 15 heavy (non-hydrogen) atoms. The Labute approximate surface area is 94.9 Å². The highest BCUT2D eigenvalue weighted by molar-refractivity contribution is 9.10. The number of rotatable bonds is 2. The van der Waals surface area contributed by atoms with Crippen molar-refractivity contribution < 1.29 is 9.90 Å². The second kappa shape index (κ2) is 3.90. The van der Waals surface area contributed by atoms with Gasteiger partial charge in [-0.2, -0.15) is 0 Å². The molecule has 1 heterocycles. The summed E-state index contributed by atoms with van der Waals surface area (Å²) in [5, 5.41) is 8.76. The number of carboxylic acid groups (broad SMARTS) is 1. The van der Waals surface area contributed by atoms with Gasteiger partial charge in [-0.15, -0.1) is 0 Å². The van der Waals surface area contributed by atoms with Crippen molar-refractivity contribution in [1.82, 2.24) is 4.98 Å². The molecule has 0 fully saturated rings. The van der Waals surface area contributed by atoms with Crippen molar-refractivity contribution in [3.05, 3.63) is 46.7 Å². The first-order valence-electron chi connectivity index (χ1n) is 4.34. The fourth-order valence-electron chi connectivity index (χ4n) is 1.35. The van der Waals surface area contributed by atoms with Crippen LogP contribution in [0.5, 0.6) is 0 Å². The van der Waals surface area contributed by atoms with E-state index in [1.807, 2.05) is 24.3 Å². The predicted octanol–water partition coefficient (Wildman–Crippen LogP) is 3.14. The molecule has 0 atom stereocenters. The number of H-pyrrole nitrogens is 1. The number of aromatic nitrogens is 1. The van der Waals surface area contributed by atoms with Gasteiger partial charge in [-0.25, -0.2) is 4.79 Å². The Kier molecular flexibility index (Phi) is 2.60. The molecule has 4 heteroatoms. The fourth-order valence-corrected chi connectivity index (χ4v) is 1.75. The van der Waals surface area contributed by atoms with E-state index in [-0.39, 0.29) is 5.69 Å². The average molecular weight is 266 g/mol. The Morgan fingerprint density at radius 1 is 1.27 bits per heavy atom. The van der Waals surface area contributed by atoms with E-state index in [2.05, 4.69) is 20.9 Å². The molecule has 2 N–H and O–H groups in total. The lowest BCUT2D eigenvalue weighted by Gasteiger charge is -1.97. The van der Waals surface area contributed by atoms with Crippen LogP contribution < -0.4 is 0 Å². The standard InChI is InChI=1S/C11H8BrNO2/c12-9-3-1-2-7(4-9)8-5-10(11(14)15)13-6-8/h1-6,13H,(H,14,15). The van der Waals surface area contributed by atoms with Crippen molar-refractivity contribution in [2.75, 3.05) is 0 Å². The molecule has 2 rings (SSSR count). The summed E-state index contributed by atoms with van der Waals surface area (Å²) >= 11 is 3.37. The highest BCUT2D eigenvalue weighted by Gasteiger charge is 2.07. The first-order chi connectivity index (χ1) is 7.16. The van der Waals surface area contributed by atoms with E-state index < -0.39 is 5.97 Å². The first-order valence-corrected chi connectivity index (χ1v) is 5.14. The molecule has 0 aliphatic carbocycles. The molecule has 0 unspecified atom stereocenters. The monoisotopic (exact) mass is 265 g/mol. The number of halogens is 1. The Bertz CT molecular complexity index is 505. The third kappa shape index (κ3) is 2.10. The van der Waals surface area contributed by atoms with Crippen molar-refractivity contribution in [2.45, 2.75) is 0 Å². The summed E-state index contributed by atoms with van der Waals surface area (Å²) in [7, 11) is 0. The minimum Gasteiger partial charge on any atom is -0.477 e. The SMILES string of the molecule is O=C(O)c1cc(-c2cccc(Br)c2)c[nH]1. The average Bonchev–Trinajstić information content (AvgIpc) is 2.66. The zero-order valence-electron chi connectivity index (χ0n) is 7.70. The van der Waals surface area contributed by atoms with E-state index >= 15 is 0 Å². The van der Waals surface area contributed by atoms with Crippen LogP contribution in [0, 0.1) is 0 Å². The molecule has 0 spiro atoms. The summed E-state index contributed by atoms with van der Waals surface area (Å²) in [5.41, 5.74) is 2.05. The fraction of sp³-hybridized carbons (Fsp3) is 0. The predicted molar refractivity (Wildman–Crippen MR) is 60.9 cm³/mol. The summed E-state index contributed by atoms with van der Waals surface area (Å²) in [6.07, 6.45) is 1.69. The Hall–Kier alpha value is -1.55. The van der Waals surface area contributed by atoms with Crippen LogP contribution in [0.15, 0.2) is 41.0 Å². The van der Waals surface area contributed by atoms with Gasteiger partial charge in [0.05, 0.1) is 0 Å². The molecule has 1 aromatic carbocycles. The number of aromatic carboxylic acids is 1. The maximum Gasteiger partial charge on any atom is 0.352 e. The van der Waals surface area contributed by atoms with E-state index in [1.165, 1.54) is 0 Å². The van der Waals surface area contributed by atoms with Crippen molar-refractivity contribution >= 4 is 21.9 Å². The normalized spacial score (nSPS) is 10.2. The third-order valence-corrected chi connectivity index (χ3v) is 2.56. The van der Waals surface area contributed by atoms with E-state index in [0.717, 1.165) is 15.6 Å². The molecule has 1 aromatic heterocycles. The Balaban J connectivity index is 2.41. The van der Waals surface area contributed by atoms with Crippen LogP contribution in [0.4, 0.5) is 0 Å². The maximum absolute atomic E-state index is 10.7. The Morgan fingerprint density at radius 3 is 2.67 bits per heavy atom. The van der Waals surface area contributed by atoms with Crippen molar-refractivity contribution in [3.63, 3.8) is 0 Å². The zero-order chi connectivity index (χ0) is 10.8. The summed E-state index contributed by atoms with van der Waals surface area (Å²) in [4.78, 5) is 13.4. The minimum absolute atomic E-state index is 0.199. The van der Waals surface area contributed by atoms with E-state index in [1.54, 1.807) is 12.3 Å². The second-order valence-corrected chi connectivity index (χ2v) is 4.03.